The molecule has 0 spiro atoms. The zero-order chi connectivity index (χ0) is 11.8. The fourth-order valence-electron chi connectivity index (χ4n) is 3.84. The number of hydrogen-bond acceptors (Lipinski definition) is 2. The Hall–Kier alpha value is -0.123. The highest BCUT2D eigenvalue weighted by Crippen LogP contribution is 2.63. The quantitative estimate of drug-likeness (QED) is 0.539. The van der Waals surface area contributed by atoms with Gasteiger partial charge in [-0.1, -0.05) is 32.4 Å². The molecule has 2 nitrogen and oxygen atoms in total. The van der Waals surface area contributed by atoms with Gasteiger partial charge in [-0.2, -0.15) is 0 Å². The van der Waals surface area contributed by atoms with Crippen LogP contribution in [0, 0.1) is 5.92 Å². The monoisotopic (exact) mass is 240 g/mol. The Morgan fingerprint density at radius 2 is 2.12 bits per heavy atom. The van der Waals surface area contributed by atoms with E-state index in [2.05, 4.69) is 26.0 Å². The number of fused-ring (bicyclic) bond motifs is 2. The predicted octanol–water partition coefficient (Wildman–Crippen LogP) is 3.63. The van der Waals surface area contributed by atoms with Crippen LogP contribution in [0.4, 0.5) is 0 Å². The van der Waals surface area contributed by atoms with Crippen molar-refractivity contribution in [2.75, 3.05) is 14.2 Å². The lowest BCUT2D eigenvalue weighted by Gasteiger charge is -2.44. The molecule has 2 bridgehead atoms. The van der Waals surface area contributed by atoms with Gasteiger partial charge < -0.3 is 8.85 Å². The third-order valence-corrected chi connectivity index (χ3v) is 9.76. The Balaban J connectivity index is 2.35. The molecule has 3 heteroatoms. The molecule has 0 amide bonds. The fourth-order valence-corrected chi connectivity index (χ4v) is 8.51. The molecule has 2 aliphatic carbocycles. The SMILES string of the molecule is CCC(C)[Si](OC)(OC)C12C=CC(CC1)C2. The average molecular weight is 240 g/mol. The van der Waals surface area contributed by atoms with Crippen molar-refractivity contribution in [3.8, 4) is 0 Å². The lowest BCUT2D eigenvalue weighted by Crippen LogP contribution is -2.53. The van der Waals surface area contributed by atoms with E-state index >= 15 is 0 Å². The molecule has 16 heavy (non-hydrogen) atoms. The van der Waals surface area contributed by atoms with Crippen molar-refractivity contribution < 1.29 is 8.85 Å². The normalized spacial score (nSPS) is 34.6. The largest absolute Gasteiger partial charge is 0.397 e. The van der Waals surface area contributed by atoms with Crippen molar-refractivity contribution >= 4 is 8.56 Å². The van der Waals surface area contributed by atoms with Gasteiger partial charge in [0.2, 0.25) is 0 Å². The second-order valence-corrected chi connectivity index (χ2v) is 9.54. The van der Waals surface area contributed by atoms with Crippen molar-refractivity contribution in [3.63, 3.8) is 0 Å². The van der Waals surface area contributed by atoms with Gasteiger partial charge in [-0.05, 0) is 25.2 Å². The van der Waals surface area contributed by atoms with Crippen molar-refractivity contribution in [2.45, 2.75) is 50.1 Å². The van der Waals surface area contributed by atoms with E-state index in [1.54, 1.807) is 0 Å². The first kappa shape index (κ1) is 12.3. The van der Waals surface area contributed by atoms with Crippen LogP contribution in [0.2, 0.25) is 10.6 Å². The van der Waals surface area contributed by atoms with Gasteiger partial charge in [0.05, 0.1) is 0 Å². The van der Waals surface area contributed by atoms with Crippen molar-refractivity contribution in [1.82, 2.24) is 0 Å². The minimum Gasteiger partial charge on any atom is -0.397 e. The topological polar surface area (TPSA) is 18.5 Å². The van der Waals surface area contributed by atoms with E-state index in [1.165, 1.54) is 19.3 Å². The van der Waals surface area contributed by atoms with Crippen molar-refractivity contribution in [3.05, 3.63) is 12.2 Å². The van der Waals surface area contributed by atoms with E-state index in [-0.39, 0.29) is 5.04 Å². The van der Waals surface area contributed by atoms with E-state index in [0.717, 1.165) is 12.3 Å². The van der Waals surface area contributed by atoms with E-state index in [4.69, 9.17) is 8.85 Å². The summed E-state index contributed by atoms with van der Waals surface area (Å²) in [6.07, 6.45) is 9.83. The van der Waals surface area contributed by atoms with Gasteiger partial charge in [0, 0.05) is 24.8 Å². The fraction of sp³-hybridized carbons (Fsp3) is 0.846. The Labute approximate surface area is 100 Å². The molecule has 0 aliphatic heterocycles. The zero-order valence-corrected chi connectivity index (χ0v) is 12.0. The van der Waals surface area contributed by atoms with Crippen LogP contribution in [0.5, 0.6) is 0 Å². The lowest BCUT2D eigenvalue weighted by molar-refractivity contribution is 0.201. The maximum absolute atomic E-state index is 6.01. The Morgan fingerprint density at radius 1 is 1.44 bits per heavy atom. The third kappa shape index (κ3) is 1.45. The molecule has 1 saturated carbocycles. The molecule has 0 aromatic heterocycles. The summed E-state index contributed by atoms with van der Waals surface area (Å²) < 4.78 is 12.0. The van der Waals surface area contributed by atoms with Crippen molar-refractivity contribution in [2.24, 2.45) is 5.92 Å². The Kier molecular flexibility index (Phi) is 3.30. The molecule has 2 aliphatic rings. The van der Waals surface area contributed by atoms with E-state index in [1.807, 2.05) is 14.2 Å². The summed E-state index contributed by atoms with van der Waals surface area (Å²) in [5.41, 5.74) is 0.559. The van der Waals surface area contributed by atoms with Gasteiger partial charge in [-0.15, -0.1) is 0 Å². The summed E-state index contributed by atoms with van der Waals surface area (Å²) in [6, 6.07) is 0. The standard InChI is InChI=1S/C13H24O2Si/c1-5-11(2)16(14-3,15-4)13-8-6-12(10-13)7-9-13/h6,8,11-12H,5,7,9-10H2,1-4H3. The average Bonchev–Trinajstić information content (AvgIpc) is 2.92. The summed E-state index contributed by atoms with van der Waals surface area (Å²) in [5, 5.41) is 0.261. The molecular weight excluding hydrogens is 216 g/mol. The van der Waals surface area contributed by atoms with Crippen LogP contribution in [0.25, 0.3) is 0 Å². The van der Waals surface area contributed by atoms with Crippen LogP contribution in [0.3, 0.4) is 0 Å². The number of rotatable bonds is 5. The van der Waals surface area contributed by atoms with Gasteiger partial charge in [0.1, 0.15) is 0 Å². The molecular formula is C13H24O2Si. The molecule has 0 N–H and O–H groups in total. The highest BCUT2D eigenvalue weighted by Gasteiger charge is 2.62. The van der Waals surface area contributed by atoms with E-state index in [0.29, 0.717) is 5.54 Å². The highest BCUT2D eigenvalue weighted by atomic mass is 28.4. The second-order valence-electron chi connectivity index (χ2n) is 5.40. The van der Waals surface area contributed by atoms with Crippen LogP contribution in [-0.4, -0.2) is 22.8 Å². The molecule has 1 fully saturated rings. The van der Waals surface area contributed by atoms with Crippen LogP contribution in [-0.2, 0) is 8.85 Å². The molecule has 0 radical (unpaired) electrons. The smallest absolute Gasteiger partial charge is 0.350 e. The van der Waals surface area contributed by atoms with Gasteiger partial charge in [-0.25, -0.2) is 0 Å². The third-order valence-electron chi connectivity index (χ3n) is 4.84. The number of allylic oxidation sites excluding steroid dienone is 2. The van der Waals surface area contributed by atoms with Gasteiger partial charge in [-0.3, -0.25) is 0 Å². The van der Waals surface area contributed by atoms with Crippen LogP contribution < -0.4 is 0 Å². The highest BCUT2D eigenvalue weighted by molar-refractivity contribution is 6.73. The second kappa shape index (κ2) is 4.28. The van der Waals surface area contributed by atoms with Gasteiger partial charge in [0.25, 0.3) is 0 Å². The molecule has 2 rings (SSSR count). The van der Waals surface area contributed by atoms with Crippen LogP contribution in [0.15, 0.2) is 12.2 Å². The molecule has 0 aromatic carbocycles. The Morgan fingerprint density at radius 3 is 2.44 bits per heavy atom. The Bertz CT molecular complexity index is 286. The summed E-state index contributed by atoms with van der Waals surface area (Å²) >= 11 is 0. The first-order valence-corrected chi connectivity index (χ1v) is 8.33. The summed E-state index contributed by atoms with van der Waals surface area (Å²) in [5.74, 6) is 0.793. The first-order valence-electron chi connectivity index (χ1n) is 6.44. The van der Waals surface area contributed by atoms with Crippen LogP contribution >= 0.6 is 0 Å². The molecule has 0 heterocycles. The molecule has 0 aromatic rings. The number of hydrogen-bond donors (Lipinski definition) is 0. The maximum Gasteiger partial charge on any atom is 0.350 e. The van der Waals surface area contributed by atoms with E-state index < -0.39 is 8.56 Å². The molecule has 3 atom stereocenters. The predicted molar refractivity (Wildman–Crippen MR) is 68.7 cm³/mol. The summed E-state index contributed by atoms with van der Waals surface area (Å²) in [7, 11) is 1.61. The first-order chi connectivity index (χ1) is 7.64. The van der Waals surface area contributed by atoms with Crippen LogP contribution in [0.1, 0.15) is 39.5 Å². The molecule has 3 unspecified atom stereocenters. The van der Waals surface area contributed by atoms with Crippen molar-refractivity contribution in [1.29, 1.82) is 0 Å². The van der Waals surface area contributed by atoms with E-state index in [9.17, 15) is 0 Å². The lowest BCUT2D eigenvalue weighted by atomic mass is 10.1. The minimum atomic E-state index is -2.11. The zero-order valence-electron chi connectivity index (χ0n) is 11.0. The summed E-state index contributed by atoms with van der Waals surface area (Å²) in [4.78, 5) is 0. The molecule has 92 valence electrons. The maximum atomic E-state index is 6.01. The minimum absolute atomic E-state index is 0.261. The van der Waals surface area contributed by atoms with Gasteiger partial charge >= 0.3 is 8.56 Å². The molecule has 0 saturated heterocycles. The summed E-state index contributed by atoms with van der Waals surface area (Å²) in [6.45, 7) is 4.54. The van der Waals surface area contributed by atoms with Gasteiger partial charge in [0.15, 0.2) is 0 Å².